The van der Waals surface area contributed by atoms with Crippen molar-refractivity contribution in [2.24, 2.45) is 5.92 Å². The average Bonchev–Trinajstić information content (AvgIpc) is 2.41. The number of halogens is 1. The first-order valence-electron chi connectivity index (χ1n) is 6.85. The van der Waals surface area contributed by atoms with E-state index in [1.54, 1.807) is 18.2 Å². The second-order valence-corrected chi connectivity index (χ2v) is 5.19. The number of nitrogen functional groups attached to an aromatic ring is 1. The first kappa shape index (κ1) is 13.3. The van der Waals surface area contributed by atoms with Crippen molar-refractivity contribution in [3.05, 3.63) is 29.6 Å². The molecule has 2 atom stereocenters. The van der Waals surface area contributed by atoms with Crippen LogP contribution in [0.1, 0.15) is 44.6 Å². The van der Waals surface area contributed by atoms with Crippen LogP contribution < -0.4 is 5.73 Å². The minimum absolute atomic E-state index is 0.200. The molecule has 2 rings (SSSR count). The van der Waals surface area contributed by atoms with E-state index in [1.165, 1.54) is 19.3 Å². The summed E-state index contributed by atoms with van der Waals surface area (Å²) in [5, 5.41) is 0. The highest BCUT2D eigenvalue weighted by Crippen LogP contribution is 2.29. The molecule has 0 heterocycles. The van der Waals surface area contributed by atoms with E-state index < -0.39 is 0 Å². The summed E-state index contributed by atoms with van der Waals surface area (Å²) < 4.78 is 19.5. The number of anilines is 1. The molecule has 1 aromatic rings. The van der Waals surface area contributed by atoms with Crippen molar-refractivity contribution in [1.29, 1.82) is 0 Å². The van der Waals surface area contributed by atoms with E-state index in [9.17, 15) is 4.39 Å². The molecule has 1 fully saturated rings. The Morgan fingerprint density at radius 3 is 3.00 bits per heavy atom. The van der Waals surface area contributed by atoms with Crippen LogP contribution >= 0.6 is 0 Å². The van der Waals surface area contributed by atoms with Gasteiger partial charge in [-0.15, -0.1) is 0 Å². The number of rotatable bonds is 4. The van der Waals surface area contributed by atoms with Crippen molar-refractivity contribution in [3.8, 4) is 0 Å². The molecule has 1 aliphatic rings. The largest absolute Gasteiger partial charge is 0.396 e. The zero-order chi connectivity index (χ0) is 13.0. The Hall–Kier alpha value is -1.09. The summed E-state index contributed by atoms with van der Waals surface area (Å²) in [4.78, 5) is 0. The van der Waals surface area contributed by atoms with E-state index in [4.69, 9.17) is 10.5 Å². The van der Waals surface area contributed by atoms with Gasteiger partial charge in [0.1, 0.15) is 0 Å². The van der Waals surface area contributed by atoms with Gasteiger partial charge in [0.25, 0.3) is 0 Å². The van der Waals surface area contributed by atoms with E-state index in [0.717, 1.165) is 18.8 Å². The number of nitrogens with two attached hydrogens (primary N) is 1. The Bertz CT molecular complexity index is 394. The van der Waals surface area contributed by atoms with E-state index in [2.05, 4.69) is 6.92 Å². The third-order valence-corrected chi connectivity index (χ3v) is 3.90. The molecule has 0 bridgehead atoms. The van der Waals surface area contributed by atoms with Gasteiger partial charge in [-0.3, -0.25) is 0 Å². The Kier molecular flexibility index (Phi) is 4.59. The predicted octanol–water partition coefficient (Wildman–Crippen LogP) is 3.89. The molecule has 0 amide bonds. The second-order valence-electron chi connectivity index (χ2n) is 5.19. The summed E-state index contributed by atoms with van der Waals surface area (Å²) in [7, 11) is 0. The van der Waals surface area contributed by atoms with Crippen LogP contribution in [0.25, 0.3) is 0 Å². The van der Waals surface area contributed by atoms with Crippen molar-refractivity contribution < 1.29 is 9.13 Å². The van der Waals surface area contributed by atoms with Gasteiger partial charge in [0.15, 0.2) is 5.82 Å². The van der Waals surface area contributed by atoms with Crippen LogP contribution in [0.2, 0.25) is 0 Å². The lowest BCUT2D eigenvalue weighted by molar-refractivity contribution is 0.000701. The quantitative estimate of drug-likeness (QED) is 0.824. The van der Waals surface area contributed by atoms with Crippen molar-refractivity contribution in [1.82, 2.24) is 0 Å². The summed E-state index contributed by atoms with van der Waals surface area (Å²) in [6, 6.07) is 5.09. The van der Waals surface area contributed by atoms with Gasteiger partial charge >= 0.3 is 0 Å². The maximum absolute atomic E-state index is 13.7. The molecule has 2 unspecified atom stereocenters. The van der Waals surface area contributed by atoms with Crippen molar-refractivity contribution in [2.75, 3.05) is 5.73 Å². The van der Waals surface area contributed by atoms with Gasteiger partial charge in [-0.1, -0.05) is 38.3 Å². The number of benzene rings is 1. The Balaban J connectivity index is 1.89. The molecule has 1 aromatic carbocycles. The Labute approximate surface area is 108 Å². The van der Waals surface area contributed by atoms with Crippen LogP contribution in [0, 0.1) is 11.7 Å². The molecule has 0 spiro atoms. The van der Waals surface area contributed by atoms with Gasteiger partial charge in [-0.2, -0.15) is 0 Å². The van der Waals surface area contributed by atoms with E-state index in [-0.39, 0.29) is 17.6 Å². The molecular weight excluding hydrogens is 229 g/mol. The smallest absolute Gasteiger partial charge is 0.151 e. The molecule has 1 saturated carbocycles. The fourth-order valence-corrected chi connectivity index (χ4v) is 2.68. The van der Waals surface area contributed by atoms with Gasteiger partial charge in [0.2, 0.25) is 0 Å². The standard InChI is InChI=1S/C15H22FNO/c1-2-11-5-3-7-13(9-11)18-10-12-6-4-8-14(17)15(12)16/h4,6,8,11,13H,2-3,5,7,9-10,17H2,1H3. The van der Waals surface area contributed by atoms with Gasteiger partial charge in [-0.25, -0.2) is 4.39 Å². The lowest BCUT2D eigenvalue weighted by Crippen LogP contribution is -2.22. The Morgan fingerprint density at radius 1 is 1.39 bits per heavy atom. The van der Waals surface area contributed by atoms with Gasteiger partial charge in [0, 0.05) is 5.56 Å². The fourth-order valence-electron chi connectivity index (χ4n) is 2.68. The summed E-state index contributed by atoms with van der Waals surface area (Å²) in [5.74, 6) is 0.440. The molecule has 18 heavy (non-hydrogen) atoms. The SMILES string of the molecule is CCC1CCCC(OCc2cccc(N)c2F)C1. The van der Waals surface area contributed by atoms with Gasteiger partial charge < -0.3 is 10.5 Å². The molecule has 0 aliphatic heterocycles. The zero-order valence-electron chi connectivity index (χ0n) is 11.0. The summed E-state index contributed by atoms with van der Waals surface area (Å²) in [6.07, 6.45) is 6.24. The second kappa shape index (κ2) is 6.19. The van der Waals surface area contributed by atoms with Crippen LogP contribution in [-0.2, 0) is 11.3 Å². The molecule has 2 nitrogen and oxygen atoms in total. The topological polar surface area (TPSA) is 35.2 Å². The first-order chi connectivity index (χ1) is 8.70. The third kappa shape index (κ3) is 3.22. The van der Waals surface area contributed by atoms with Crippen LogP contribution in [0.4, 0.5) is 10.1 Å². The number of hydrogen-bond acceptors (Lipinski definition) is 2. The third-order valence-electron chi connectivity index (χ3n) is 3.90. The normalized spacial score (nSPS) is 24.1. The highest BCUT2D eigenvalue weighted by atomic mass is 19.1. The first-order valence-corrected chi connectivity index (χ1v) is 6.85. The van der Waals surface area contributed by atoms with E-state index >= 15 is 0 Å². The maximum atomic E-state index is 13.7. The van der Waals surface area contributed by atoms with Crippen molar-refractivity contribution in [3.63, 3.8) is 0 Å². The minimum atomic E-state index is -0.333. The minimum Gasteiger partial charge on any atom is -0.396 e. The molecule has 1 aliphatic carbocycles. The van der Waals surface area contributed by atoms with Crippen LogP contribution in [0.15, 0.2) is 18.2 Å². The lowest BCUT2D eigenvalue weighted by atomic mass is 9.85. The highest BCUT2D eigenvalue weighted by molar-refractivity contribution is 5.42. The van der Waals surface area contributed by atoms with Crippen LogP contribution in [-0.4, -0.2) is 6.10 Å². The van der Waals surface area contributed by atoms with E-state index in [1.807, 2.05) is 0 Å². The Morgan fingerprint density at radius 2 is 2.22 bits per heavy atom. The van der Waals surface area contributed by atoms with Crippen LogP contribution in [0.3, 0.4) is 0 Å². The molecule has 100 valence electrons. The molecular formula is C15H22FNO. The van der Waals surface area contributed by atoms with Crippen molar-refractivity contribution in [2.45, 2.75) is 51.7 Å². The maximum Gasteiger partial charge on any atom is 0.151 e. The fraction of sp³-hybridized carbons (Fsp3) is 0.600. The molecule has 3 heteroatoms. The monoisotopic (exact) mass is 251 g/mol. The number of ether oxygens (including phenoxy) is 1. The summed E-state index contributed by atoms with van der Waals surface area (Å²) >= 11 is 0. The predicted molar refractivity (Wildman–Crippen MR) is 71.6 cm³/mol. The average molecular weight is 251 g/mol. The summed E-state index contributed by atoms with van der Waals surface area (Å²) in [6.45, 7) is 2.56. The molecule has 2 N–H and O–H groups in total. The van der Waals surface area contributed by atoms with Gasteiger partial charge in [-0.05, 0) is 24.8 Å². The molecule has 0 radical (unpaired) electrons. The van der Waals surface area contributed by atoms with Crippen LogP contribution in [0.5, 0.6) is 0 Å². The lowest BCUT2D eigenvalue weighted by Gasteiger charge is -2.28. The molecule has 0 saturated heterocycles. The van der Waals surface area contributed by atoms with Crippen molar-refractivity contribution >= 4 is 5.69 Å². The highest BCUT2D eigenvalue weighted by Gasteiger charge is 2.21. The number of hydrogen-bond donors (Lipinski definition) is 1. The van der Waals surface area contributed by atoms with E-state index in [0.29, 0.717) is 12.2 Å². The summed E-state index contributed by atoms with van der Waals surface area (Å²) in [5.41, 5.74) is 6.31. The van der Waals surface area contributed by atoms with Gasteiger partial charge in [0.05, 0.1) is 18.4 Å². The molecule has 0 aromatic heterocycles. The zero-order valence-corrected chi connectivity index (χ0v) is 11.0.